The van der Waals surface area contributed by atoms with Gasteiger partial charge in [0.2, 0.25) is 0 Å². The average Bonchev–Trinajstić information content (AvgIpc) is 3.63. The highest BCUT2D eigenvalue weighted by Gasteiger charge is 2.38. The summed E-state index contributed by atoms with van der Waals surface area (Å²) >= 11 is 2.38. The van der Waals surface area contributed by atoms with Gasteiger partial charge >= 0.3 is 17.9 Å². The van der Waals surface area contributed by atoms with Gasteiger partial charge < -0.3 is 18.9 Å². The molecule has 0 N–H and O–H groups in total. The summed E-state index contributed by atoms with van der Waals surface area (Å²) in [5, 5.41) is 9.73. The SMILES string of the molecule is [C-]#[N+]/C(C#N)=C1\Sc2c(OC(=O)c3ccc(OCCCCOC(=O)C=C)cc3)cc(C(C)(C)C)c(OC(=O)C3CCC(C4CCC(CC)CC4)CC3)c2S1. The first-order valence-corrected chi connectivity index (χ1v) is 20.6. The normalized spacial score (nSPS) is 21.8. The molecule has 0 spiro atoms. The van der Waals surface area contributed by atoms with Crippen LogP contribution >= 0.6 is 23.5 Å². The first kappa shape index (κ1) is 41.0. The molecule has 0 bridgehead atoms. The van der Waals surface area contributed by atoms with Crippen LogP contribution in [0.2, 0.25) is 0 Å². The molecule has 0 unspecified atom stereocenters. The highest BCUT2D eigenvalue weighted by molar-refractivity contribution is 8.24. The van der Waals surface area contributed by atoms with E-state index < -0.39 is 17.4 Å². The summed E-state index contributed by atoms with van der Waals surface area (Å²) < 4.78 is 23.6. The molecule has 1 heterocycles. The average molecular weight is 771 g/mol. The molecule has 5 rings (SSSR count). The van der Waals surface area contributed by atoms with Crippen LogP contribution in [0, 0.1) is 41.6 Å². The molecule has 0 aromatic heterocycles. The van der Waals surface area contributed by atoms with Crippen LogP contribution in [0.25, 0.3) is 4.85 Å². The smallest absolute Gasteiger partial charge is 0.343 e. The number of ether oxygens (including phenoxy) is 4. The van der Waals surface area contributed by atoms with Crippen molar-refractivity contribution in [1.29, 1.82) is 5.26 Å². The second kappa shape index (κ2) is 18.9. The van der Waals surface area contributed by atoms with Gasteiger partial charge in [-0.15, -0.1) is 0 Å². The fourth-order valence-corrected chi connectivity index (χ4v) is 9.98. The van der Waals surface area contributed by atoms with Crippen molar-refractivity contribution in [3.8, 4) is 23.3 Å². The first-order valence-electron chi connectivity index (χ1n) is 19.0. The lowest BCUT2D eigenvalue weighted by molar-refractivity contribution is -0.141. The number of nitrogens with zero attached hydrogens (tertiary/aromatic N) is 2. The van der Waals surface area contributed by atoms with E-state index in [9.17, 15) is 19.6 Å². The Morgan fingerprint density at radius 3 is 2.17 bits per heavy atom. The number of allylic oxidation sites excluding steroid dienone is 1. The topological polar surface area (TPSA) is 116 Å². The van der Waals surface area contributed by atoms with Gasteiger partial charge in [0, 0.05) is 11.6 Å². The zero-order valence-electron chi connectivity index (χ0n) is 31.7. The number of hydrogen-bond acceptors (Lipinski definition) is 10. The Morgan fingerprint density at radius 1 is 0.944 bits per heavy atom. The van der Waals surface area contributed by atoms with Gasteiger partial charge in [0.05, 0.1) is 51.4 Å². The maximum Gasteiger partial charge on any atom is 0.343 e. The number of hydrogen-bond donors (Lipinski definition) is 0. The van der Waals surface area contributed by atoms with Gasteiger partial charge in [-0.05, 0) is 105 Å². The fraction of sp³-hybridized carbons (Fsp3) is 0.512. The minimum absolute atomic E-state index is 0.0762. The van der Waals surface area contributed by atoms with Crippen LogP contribution in [0.15, 0.2) is 62.7 Å². The van der Waals surface area contributed by atoms with Crippen LogP contribution in [0.1, 0.15) is 114 Å². The van der Waals surface area contributed by atoms with Crippen LogP contribution in [0.3, 0.4) is 0 Å². The molecule has 2 saturated carbocycles. The van der Waals surface area contributed by atoms with E-state index in [1.54, 1.807) is 30.3 Å². The molecule has 2 fully saturated rings. The molecule has 2 aliphatic carbocycles. The quantitative estimate of drug-likeness (QED) is 0.0486. The van der Waals surface area contributed by atoms with E-state index in [1.165, 1.54) is 55.6 Å². The van der Waals surface area contributed by atoms with Gasteiger partial charge in [0.15, 0.2) is 0 Å². The van der Waals surface area contributed by atoms with E-state index in [0.717, 1.165) is 43.6 Å². The number of fused-ring (bicyclic) bond motifs is 1. The molecule has 286 valence electrons. The Hall–Kier alpha value is -4.19. The van der Waals surface area contributed by atoms with E-state index in [1.807, 2.05) is 26.8 Å². The Bertz CT molecular complexity index is 1800. The summed E-state index contributed by atoms with van der Waals surface area (Å²) in [5.41, 5.74) is 0.410. The predicted molar refractivity (Wildman–Crippen MR) is 210 cm³/mol. The van der Waals surface area contributed by atoms with E-state index in [2.05, 4.69) is 18.3 Å². The van der Waals surface area contributed by atoms with Crippen molar-refractivity contribution in [3.63, 3.8) is 0 Å². The minimum atomic E-state index is -0.592. The molecule has 54 heavy (non-hydrogen) atoms. The molecule has 9 nitrogen and oxygen atoms in total. The van der Waals surface area contributed by atoms with Crippen molar-refractivity contribution in [2.75, 3.05) is 13.2 Å². The van der Waals surface area contributed by atoms with E-state index >= 15 is 0 Å². The summed E-state index contributed by atoms with van der Waals surface area (Å²) in [7, 11) is 0. The molecule has 1 aliphatic heterocycles. The van der Waals surface area contributed by atoms with Gasteiger partial charge in [0.25, 0.3) is 5.70 Å². The molecule has 2 aromatic carbocycles. The molecule has 11 heteroatoms. The number of thioether (sulfide) groups is 2. The number of rotatable bonds is 13. The lowest BCUT2D eigenvalue weighted by Gasteiger charge is -2.37. The Morgan fingerprint density at radius 2 is 1.57 bits per heavy atom. The summed E-state index contributed by atoms with van der Waals surface area (Å²) in [6.45, 7) is 20.0. The van der Waals surface area contributed by atoms with Gasteiger partial charge in [-0.2, -0.15) is 0 Å². The standard InChI is InChI=1S/C43H50N2O7S2/c1-7-27-11-13-28(14-12-27)29-15-17-30(18-16-29)41(48)52-37-33(43(3,4)5)25-35(38-39(37)54-42(53-38)34(26-44)45-6)51-40(47)31-19-21-32(22-20-31)49-23-9-10-24-50-36(46)8-2/h8,19-22,25,27-30H,2,7,9-18,23-24H2,1,3-5H3/b42-34+. The van der Waals surface area contributed by atoms with E-state index in [4.69, 9.17) is 25.5 Å². The highest BCUT2D eigenvalue weighted by atomic mass is 32.2. The highest BCUT2D eigenvalue weighted by Crippen LogP contribution is 2.61. The number of carbonyl (C=O) groups is 3. The molecular formula is C43H50N2O7S2. The summed E-state index contributed by atoms with van der Waals surface area (Å²) in [6, 6.07) is 10.4. The molecule has 0 radical (unpaired) electrons. The fourth-order valence-electron chi connectivity index (χ4n) is 7.49. The maximum absolute atomic E-state index is 13.9. The van der Waals surface area contributed by atoms with Crippen LogP contribution in [-0.4, -0.2) is 31.1 Å². The van der Waals surface area contributed by atoms with Crippen LogP contribution < -0.4 is 14.2 Å². The van der Waals surface area contributed by atoms with Crippen molar-refractivity contribution in [2.24, 2.45) is 23.7 Å². The Kier molecular flexibility index (Phi) is 14.4. The second-order valence-corrected chi connectivity index (χ2v) is 17.6. The van der Waals surface area contributed by atoms with Crippen LogP contribution in [0.4, 0.5) is 0 Å². The van der Waals surface area contributed by atoms with Crippen molar-refractivity contribution in [2.45, 2.75) is 114 Å². The Labute approximate surface area is 328 Å². The van der Waals surface area contributed by atoms with Crippen molar-refractivity contribution in [1.82, 2.24) is 0 Å². The summed E-state index contributed by atoms with van der Waals surface area (Å²) in [4.78, 5) is 43.1. The van der Waals surface area contributed by atoms with Crippen LogP contribution in [0.5, 0.6) is 17.2 Å². The number of unbranched alkanes of at least 4 members (excludes halogenated alkanes) is 1. The van der Waals surface area contributed by atoms with E-state index in [0.29, 0.717) is 62.0 Å². The Balaban J connectivity index is 1.31. The van der Waals surface area contributed by atoms with Crippen molar-refractivity contribution >= 4 is 41.4 Å². The number of carbonyl (C=O) groups excluding carboxylic acids is 3. The van der Waals surface area contributed by atoms with Crippen molar-refractivity contribution < 1.29 is 33.3 Å². The molecule has 0 atom stereocenters. The summed E-state index contributed by atoms with van der Waals surface area (Å²) in [6.07, 6.45) is 12.6. The second-order valence-electron chi connectivity index (χ2n) is 15.3. The number of nitriles is 1. The lowest BCUT2D eigenvalue weighted by Crippen LogP contribution is -2.30. The number of benzene rings is 2. The third-order valence-electron chi connectivity index (χ3n) is 10.7. The summed E-state index contributed by atoms with van der Waals surface area (Å²) in [5.74, 6) is 2.04. The molecular weight excluding hydrogens is 721 g/mol. The number of esters is 3. The molecule has 2 aromatic rings. The van der Waals surface area contributed by atoms with Crippen LogP contribution in [-0.2, 0) is 19.7 Å². The molecule has 3 aliphatic rings. The van der Waals surface area contributed by atoms with Crippen molar-refractivity contribution in [3.05, 3.63) is 75.5 Å². The van der Waals surface area contributed by atoms with Gasteiger partial charge in [-0.3, -0.25) is 4.79 Å². The zero-order chi connectivity index (χ0) is 38.8. The predicted octanol–water partition coefficient (Wildman–Crippen LogP) is 10.8. The van der Waals surface area contributed by atoms with Gasteiger partial charge in [0.1, 0.15) is 17.2 Å². The zero-order valence-corrected chi connectivity index (χ0v) is 33.4. The largest absolute Gasteiger partial charge is 0.494 e. The van der Waals surface area contributed by atoms with E-state index in [-0.39, 0.29) is 29.9 Å². The van der Waals surface area contributed by atoms with Gasteiger partial charge in [-0.25, -0.2) is 19.7 Å². The maximum atomic E-state index is 13.9. The molecule has 0 saturated heterocycles. The third-order valence-corrected chi connectivity index (χ3v) is 13.3. The monoisotopic (exact) mass is 770 g/mol. The first-order chi connectivity index (χ1) is 25.9. The third kappa shape index (κ3) is 10.3. The lowest BCUT2D eigenvalue weighted by atomic mass is 9.69. The molecule has 0 amide bonds. The van der Waals surface area contributed by atoms with Gasteiger partial charge in [-0.1, -0.05) is 77.1 Å². The minimum Gasteiger partial charge on any atom is -0.494 e.